The topological polar surface area (TPSA) is 107 Å². The molecule has 0 unspecified atom stereocenters. The van der Waals surface area contributed by atoms with E-state index in [9.17, 15) is 19.7 Å². The number of fused-ring (bicyclic) bond motifs is 1. The van der Waals surface area contributed by atoms with Gasteiger partial charge >= 0.3 is 0 Å². The van der Waals surface area contributed by atoms with Crippen molar-refractivity contribution in [2.45, 2.75) is 38.9 Å². The minimum Gasteiger partial charge on any atom is -0.324 e. The van der Waals surface area contributed by atoms with Crippen LogP contribution in [0.3, 0.4) is 0 Å². The predicted octanol–water partition coefficient (Wildman–Crippen LogP) is 4.95. The third-order valence-corrected chi connectivity index (χ3v) is 6.87. The van der Waals surface area contributed by atoms with E-state index in [1.54, 1.807) is 4.57 Å². The fraction of sp³-hybridized carbons (Fsp3) is 0.316. The molecular formula is C19H19ClN4O4S2. The number of anilines is 1. The summed E-state index contributed by atoms with van der Waals surface area (Å²) < 4.78 is 1.58. The predicted molar refractivity (Wildman–Crippen MR) is 121 cm³/mol. The minimum atomic E-state index is -0.563. The lowest BCUT2D eigenvalue weighted by atomic mass is 10.2. The molecule has 0 aliphatic heterocycles. The summed E-state index contributed by atoms with van der Waals surface area (Å²) in [5, 5.41) is 14.8. The lowest BCUT2D eigenvalue weighted by Crippen LogP contribution is -2.25. The molecule has 1 aromatic carbocycles. The number of hydrogen-bond donors (Lipinski definition) is 1. The number of carbonyl (C=O) groups excluding carboxylic acids is 1. The third kappa shape index (κ3) is 4.35. The molecule has 3 rings (SSSR count). The second-order valence-corrected chi connectivity index (χ2v) is 9.44. The van der Waals surface area contributed by atoms with E-state index >= 15 is 0 Å². The average molecular weight is 467 g/mol. The van der Waals surface area contributed by atoms with Gasteiger partial charge in [0.25, 0.3) is 11.2 Å². The van der Waals surface area contributed by atoms with Gasteiger partial charge in [0.1, 0.15) is 4.83 Å². The van der Waals surface area contributed by atoms with Gasteiger partial charge in [-0.1, -0.05) is 23.4 Å². The Hall–Kier alpha value is -2.43. The molecule has 2 aromatic heterocycles. The first-order valence-corrected chi connectivity index (χ1v) is 11.2. The molecule has 0 aliphatic rings. The number of thiophene rings is 1. The molecule has 30 heavy (non-hydrogen) atoms. The van der Waals surface area contributed by atoms with Gasteiger partial charge in [-0.25, -0.2) is 4.98 Å². The van der Waals surface area contributed by atoms with E-state index in [1.807, 2.05) is 27.7 Å². The number of rotatable bonds is 6. The number of aromatic nitrogens is 2. The Labute approximate surface area is 185 Å². The molecule has 1 amide bonds. The lowest BCUT2D eigenvalue weighted by molar-refractivity contribution is -0.384. The van der Waals surface area contributed by atoms with Gasteiger partial charge in [-0.05, 0) is 39.3 Å². The number of nitro groups is 1. The van der Waals surface area contributed by atoms with E-state index in [-0.39, 0.29) is 33.8 Å². The molecule has 2 heterocycles. The van der Waals surface area contributed by atoms with Gasteiger partial charge in [0.15, 0.2) is 5.16 Å². The summed E-state index contributed by atoms with van der Waals surface area (Å²) >= 11 is 8.62. The van der Waals surface area contributed by atoms with Crippen LogP contribution in [0.4, 0.5) is 11.4 Å². The van der Waals surface area contributed by atoms with Crippen LogP contribution in [0.5, 0.6) is 0 Å². The van der Waals surface area contributed by atoms with Crippen molar-refractivity contribution in [3.8, 4) is 0 Å². The molecule has 0 atom stereocenters. The van der Waals surface area contributed by atoms with Crippen LogP contribution in [0.1, 0.15) is 30.3 Å². The number of amides is 1. The van der Waals surface area contributed by atoms with Crippen LogP contribution in [-0.2, 0) is 4.79 Å². The minimum absolute atomic E-state index is 0.0347. The Morgan fingerprint density at radius 3 is 2.73 bits per heavy atom. The van der Waals surface area contributed by atoms with Crippen LogP contribution in [0.2, 0.25) is 5.02 Å². The fourth-order valence-corrected chi connectivity index (χ4v) is 5.05. The molecule has 8 nitrogen and oxygen atoms in total. The van der Waals surface area contributed by atoms with Crippen molar-refractivity contribution < 1.29 is 9.72 Å². The average Bonchev–Trinajstić information content (AvgIpc) is 2.95. The van der Waals surface area contributed by atoms with Gasteiger partial charge < -0.3 is 5.32 Å². The summed E-state index contributed by atoms with van der Waals surface area (Å²) in [6, 6.07) is 3.69. The lowest BCUT2D eigenvalue weighted by Gasteiger charge is -2.15. The van der Waals surface area contributed by atoms with Gasteiger partial charge in [-0.2, -0.15) is 0 Å². The quantitative estimate of drug-likeness (QED) is 0.238. The largest absolute Gasteiger partial charge is 0.324 e. The van der Waals surface area contributed by atoms with Gasteiger partial charge in [-0.15, -0.1) is 11.3 Å². The van der Waals surface area contributed by atoms with Crippen molar-refractivity contribution in [2.75, 3.05) is 11.1 Å². The smallest absolute Gasteiger partial charge is 0.271 e. The maximum atomic E-state index is 13.0. The summed E-state index contributed by atoms with van der Waals surface area (Å²) in [6.07, 6.45) is 0. The van der Waals surface area contributed by atoms with Crippen molar-refractivity contribution in [2.24, 2.45) is 0 Å². The van der Waals surface area contributed by atoms with E-state index in [1.165, 1.54) is 29.5 Å². The summed E-state index contributed by atoms with van der Waals surface area (Å²) in [6.45, 7) is 7.63. The normalized spacial score (nSPS) is 11.3. The van der Waals surface area contributed by atoms with Gasteiger partial charge in [-0.3, -0.25) is 24.3 Å². The molecule has 158 valence electrons. The molecule has 11 heteroatoms. The molecule has 0 fully saturated rings. The van der Waals surface area contributed by atoms with Crippen LogP contribution in [0, 0.1) is 24.0 Å². The molecular weight excluding hydrogens is 448 g/mol. The van der Waals surface area contributed by atoms with Gasteiger partial charge in [0.2, 0.25) is 5.91 Å². The Balaban J connectivity index is 1.86. The highest BCUT2D eigenvalue weighted by Gasteiger charge is 2.19. The van der Waals surface area contributed by atoms with Crippen molar-refractivity contribution in [3.05, 3.63) is 54.1 Å². The highest BCUT2D eigenvalue weighted by molar-refractivity contribution is 7.99. The number of benzene rings is 1. The van der Waals surface area contributed by atoms with Gasteiger partial charge in [0.05, 0.1) is 26.8 Å². The molecule has 0 radical (unpaired) electrons. The highest BCUT2D eigenvalue weighted by atomic mass is 35.5. The first-order chi connectivity index (χ1) is 14.1. The summed E-state index contributed by atoms with van der Waals surface area (Å²) in [4.78, 5) is 42.1. The van der Waals surface area contributed by atoms with E-state index in [0.717, 1.165) is 22.2 Å². The van der Waals surface area contributed by atoms with Crippen molar-refractivity contribution in [3.63, 3.8) is 0 Å². The SMILES string of the molecule is Cc1sc2nc(SCC(=O)Nc3cc([N+](=O)[O-])ccc3Cl)n(C(C)C)c(=O)c2c1C. The molecule has 0 saturated carbocycles. The first kappa shape index (κ1) is 22.3. The number of non-ortho nitro benzene ring substituents is 1. The monoisotopic (exact) mass is 466 g/mol. The summed E-state index contributed by atoms with van der Waals surface area (Å²) in [5.74, 6) is -0.446. The Kier molecular flexibility index (Phi) is 6.49. The summed E-state index contributed by atoms with van der Waals surface area (Å²) in [5.41, 5.74) is 0.787. The molecule has 1 N–H and O–H groups in total. The molecule has 0 bridgehead atoms. The van der Waals surface area contributed by atoms with E-state index in [0.29, 0.717) is 15.4 Å². The number of halogens is 1. The maximum Gasteiger partial charge on any atom is 0.271 e. The van der Waals surface area contributed by atoms with Crippen molar-refractivity contribution in [1.82, 2.24) is 9.55 Å². The van der Waals surface area contributed by atoms with Crippen LogP contribution >= 0.6 is 34.7 Å². The van der Waals surface area contributed by atoms with Crippen LogP contribution in [0.15, 0.2) is 28.2 Å². The molecule has 0 spiro atoms. The van der Waals surface area contributed by atoms with Crippen molar-refractivity contribution in [1.29, 1.82) is 0 Å². The number of aryl methyl sites for hydroxylation is 2. The Morgan fingerprint density at radius 2 is 2.10 bits per heavy atom. The standard InChI is InChI=1S/C19H19ClN4O4S2/c1-9(2)23-18(26)16-10(3)11(4)30-17(16)22-19(23)29-8-15(25)21-14-7-12(24(27)28)5-6-13(14)20/h5-7,9H,8H2,1-4H3,(H,21,25). The number of nitrogens with one attached hydrogen (secondary N) is 1. The third-order valence-electron chi connectivity index (χ3n) is 4.49. The number of nitro benzene ring substituents is 1. The zero-order valence-corrected chi connectivity index (χ0v) is 19.1. The number of hydrogen-bond acceptors (Lipinski definition) is 7. The summed E-state index contributed by atoms with van der Waals surface area (Å²) in [7, 11) is 0. The maximum absolute atomic E-state index is 13.0. The zero-order chi connectivity index (χ0) is 22.2. The number of nitrogens with zero attached hydrogens (tertiary/aromatic N) is 3. The molecule has 0 saturated heterocycles. The van der Waals surface area contributed by atoms with Crippen molar-refractivity contribution >= 4 is 62.2 Å². The first-order valence-electron chi connectivity index (χ1n) is 8.99. The number of carbonyl (C=O) groups is 1. The number of thioether (sulfide) groups is 1. The Morgan fingerprint density at radius 1 is 1.40 bits per heavy atom. The molecule has 3 aromatic rings. The highest BCUT2D eigenvalue weighted by Crippen LogP contribution is 2.30. The fourth-order valence-electron chi connectivity index (χ4n) is 2.88. The second-order valence-electron chi connectivity index (χ2n) is 6.88. The molecule has 0 aliphatic carbocycles. The van der Waals surface area contributed by atoms with Crippen LogP contribution in [0.25, 0.3) is 10.2 Å². The van der Waals surface area contributed by atoms with E-state index in [2.05, 4.69) is 10.3 Å². The zero-order valence-electron chi connectivity index (χ0n) is 16.7. The van der Waals surface area contributed by atoms with E-state index < -0.39 is 10.8 Å². The second kappa shape index (κ2) is 8.75. The van der Waals surface area contributed by atoms with Crippen LogP contribution in [-0.4, -0.2) is 26.1 Å². The van der Waals surface area contributed by atoms with E-state index in [4.69, 9.17) is 11.6 Å². The van der Waals surface area contributed by atoms with Crippen LogP contribution < -0.4 is 10.9 Å². The Bertz CT molecular complexity index is 1220. The van der Waals surface area contributed by atoms with Gasteiger partial charge in [0, 0.05) is 23.1 Å².